The van der Waals surface area contributed by atoms with Crippen LogP contribution in [0.15, 0.2) is 48.9 Å². The Hall–Kier alpha value is -3.23. The van der Waals surface area contributed by atoms with Crippen LogP contribution in [0.3, 0.4) is 0 Å². The van der Waals surface area contributed by atoms with Gasteiger partial charge in [-0.25, -0.2) is 9.78 Å². The zero-order chi connectivity index (χ0) is 21.2. The highest BCUT2D eigenvalue weighted by Crippen LogP contribution is 2.34. The average Bonchev–Trinajstić information content (AvgIpc) is 3.44. The standard InChI is InChI=1S/C23H25N7O.ClH/c1-15-2-4-18(11-26-15)27-23(31)29-22-14-25-13-20(28-22)16-3-5-21-17(10-16)7-9-30(21)19-6-8-24-12-19;/h2-5,10-11,13-14,19,24H,6-9,12H2,1H3,(H2,27,28,29,31);1H. The normalized spacial score (nSPS) is 16.9. The van der Waals surface area contributed by atoms with E-state index in [0.29, 0.717) is 17.5 Å². The number of benzene rings is 1. The van der Waals surface area contributed by atoms with Crippen LogP contribution in [-0.4, -0.2) is 46.7 Å². The zero-order valence-electron chi connectivity index (χ0n) is 17.8. The lowest BCUT2D eigenvalue weighted by Crippen LogP contribution is -2.35. The van der Waals surface area contributed by atoms with Crippen molar-refractivity contribution in [1.29, 1.82) is 0 Å². The molecule has 2 aliphatic heterocycles. The second-order valence-corrected chi connectivity index (χ2v) is 7.99. The van der Waals surface area contributed by atoms with E-state index >= 15 is 0 Å². The Morgan fingerprint density at radius 2 is 2.06 bits per heavy atom. The minimum Gasteiger partial charge on any atom is -0.367 e. The van der Waals surface area contributed by atoms with Gasteiger partial charge in [-0.15, -0.1) is 12.4 Å². The predicted octanol–water partition coefficient (Wildman–Crippen LogP) is 3.64. The number of nitrogens with one attached hydrogen (secondary N) is 3. The van der Waals surface area contributed by atoms with E-state index in [0.717, 1.165) is 43.0 Å². The maximum Gasteiger partial charge on any atom is 0.324 e. The number of hydrogen-bond donors (Lipinski definition) is 3. The van der Waals surface area contributed by atoms with Crippen LogP contribution >= 0.6 is 12.4 Å². The van der Waals surface area contributed by atoms with E-state index in [9.17, 15) is 4.79 Å². The maximum atomic E-state index is 12.3. The van der Waals surface area contributed by atoms with E-state index in [1.807, 2.05) is 13.0 Å². The van der Waals surface area contributed by atoms with Crippen LogP contribution in [0.1, 0.15) is 17.7 Å². The summed E-state index contributed by atoms with van der Waals surface area (Å²) in [6.45, 7) is 5.11. The van der Waals surface area contributed by atoms with Crippen LogP contribution in [-0.2, 0) is 6.42 Å². The van der Waals surface area contributed by atoms with Gasteiger partial charge in [0.2, 0.25) is 0 Å². The lowest BCUT2D eigenvalue weighted by molar-refractivity contribution is 0.262. The van der Waals surface area contributed by atoms with E-state index in [4.69, 9.17) is 0 Å². The number of fused-ring (bicyclic) bond motifs is 1. The molecule has 2 amide bonds. The van der Waals surface area contributed by atoms with Gasteiger partial charge in [0.15, 0.2) is 5.82 Å². The summed E-state index contributed by atoms with van der Waals surface area (Å²) in [6.07, 6.45) is 7.12. The molecule has 1 aromatic carbocycles. The molecule has 0 radical (unpaired) electrons. The summed E-state index contributed by atoms with van der Waals surface area (Å²) in [6, 6.07) is 10.3. The van der Waals surface area contributed by atoms with Crippen LogP contribution in [0.4, 0.5) is 22.0 Å². The van der Waals surface area contributed by atoms with Gasteiger partial charge >= 0.3 is 6.03 Å². The molecule has 3 N–H and O–H groups in total. The van der Waals surface area contributed by atoms with E-state index in [-0.39, 0.29) is 18.4 Å². The van der Waals surface area contributed by atoms with Gasteiger partial charge in [0.1, 0.15) is 0 Å². The van der Waals surface area contributed by atoms with Crippen molar-refractivity contribution in [3.8, 4) is 11.3 Å². The number of aromatic nitrogens is 3. The lowest BCUT2D eigenvalue weighted by Gasteiger charge is -2.26. The van der Waals surface area contributed by atoms with Gasteiger partial charge in [-0.05, 0) is 56.1 Å². The van der Waals surface area contributed by atoms with Crippen LogP contribution in [0.5, 0.6) is 0 Å². The van der Waals surface area contributed by atoms with Gasteiger partial charge in [-0.1, -0.05) is 6.07 Å². The first-order valence-corrected chi connectivity index (χ1v) is 10.6. The molecule has 0 aliphatic carbocycles. The molecule has 1 saturated heterocycles. The highest BCUT2D eigenvalue weighted by Gasteiger charge is 2.28. The second kappa shape index (κ2) is 9.50. The van der Waals surface area contributed by atoms with Gasteiger partial charge in [0.05, 0.1) is 30.0 Å². The molecule has 8 nitrogen and oxygen atoms in total. The van der Waals surface area contributed by atoms with Gasteiger partial charge < -0.3 is 15.5 Å². The van der Waals surface area contributed by atoms with E-state index in [1.54, 1.807) is 24.7 Å². The summed E-state index contributed by atoms with van der Waals surface area (Å²) in [7, 11) is 0. The molecule has 0 saturated carbocycles. The molecule has 4 heterocycles. The molecule has 5 rings (SSSR count). The molecule has 32 heavy (non-hydrogen) atoms. The number of amides is 2. The van der Waals surface area contributed by atoms with Gasteiger partial charge in [0, 0.05) is 36.1 Å². The smallest absolute Gasteiger partial charge is 0.324 e. The Balaban J connectivity index is 0.00000245. The molecule has 3 aromatic rings. The minimum atomic E-state index is -0.383. The fourth-order valence-electron chi connectivity index (χ4n) is 4.26. The first-order chi connectivity index (χ1) is 15.2. The maximum absolute atomic E-state index is 12.3. The van der Waals surface area contributed by atoms with Crippen LogP contribution in [0.2, 0.25) is 0 Å². The Morgan fingerprint density at radius 3 is 2.84 bits per heavy atom. The number of anilines is 3. The number of nitrogens with zero attached hydrogens (tertiary/aromatic N) is 4. The molecule has 1 fully saturated rings. The van der Waals surface area contributed by atoms with Gasteiger partial charge in [-0.2, -0.15) is 0 Å². The number of hydrogen-bond acceptors (Lipinski definition) is 6. The monoisotopic (exact) mass is 451 g/mol. The average molecular weight is 452 g/mol. The highest BCUT2D eigenvalue weighted by molar-refractivity contribution is 5.99. The van der Waals surface area contributed by atoms with Gasteiger partial charge in [-0.3, -0.25) is 15.3 Å². The molecule has 0 bridgehead atoms. The molecular weight excluding hydrogens is 426 g/mol. The number of rotatable bonds is 4. The summed E-state index contributed by atoms with van der Waals surface area (Å²) < 4.78 is 0. The van der Waals surface area contributed by atoms with Crippen molar-refractivity contribution in [1.82, 2.24) is 20.3 Å². The van der Waals surface area contributed by atoms with Crippen molar-refractivity contribution >= 4 is 35.6 Å². The number of aryl methyl sites for hydroxylation is 1. The summed E-state index contributed by atoms with van der Waals surface area (Å²) in [4.78, 5) is 27.9. The van der Waals surface area contributed by atoms with E-state index < -0.39 is 0 Å². The number of carbonyl (C=O) groups excluding carboxylic acids is 1. The Morgan fingerprint density at radius 1 is 1.16 bits per heavy atom. The van der Waals surface area contributed by atoms with E-state index in [2.05, 4.69) is 54.0 Å². The molecule has 166 valence electrons. The predicted molar refractivity (Wildman–Crippen MR) is 129 cm³/mol. The third-order valence-corrected chi connectivity index (χ3v) is 5.83. The largest absolute Gasteiger partial charge is 0.367 e. The Kier molecular flexibility index (Phi) is 6.53. The number of carbonyl (C=O) groups is 1. The minimum absolute atomic E-state index is 0. The van der Waals surface area contributed by atoms with Crippen LogP contribution in [0, 0.1) is 6.92 Å². The SMILES string of the molecule is Cc1ccc(NC(=O)Nc2cncc(-c3ccc4c(c3)CCN4C3CCNC3)n2)cn1.Cl. The van der Waals surface area contributed by atoms with Crippen molar-refractivity contribution in [2.45, 2.75) is 25.8 Å². The van der Waals surface area contributed by atoms with E-state index in [1.165, 1.54) is 17.7 Å². The van der Waals surface area contributed by atoms with Gasteiger partial charge in [0.25, 0.3) is 0 Å². The summed E-state index contributed by atoms with van der Waals surface area (Å²) in [5, 5.41) is 8.95. The number of pyridine rings is 1. The quantitative estimate of drug-likeness (QED) is 0.560. The first kappa shape index (κ1) is 22.0. The lowest BCUT2D eigenvalue weighted by atomic mass is 10.1. The number of urea groups is 1. The fraction of sp³-hybridized carbons (Fsp3) is 0.304. The summed E-state index contributed by atoms with van der Waals surface area (Å²) in [5.74, 6) is 0.397. The third kappa shape index (κ3) is 4.66. The summed E-state index contributed by atoms with van der Waals surface area (Å²) in [5.41, 5.74) is 5.91. The van der Waals surface area contributed by atoms with Crippen LogP contribution < -0.4 is 20.9 Å². The van der Waals surface area contributed by atoms with Crippen molar-refractivity contribution in [2.75, 3.05) is 35.2 Å². The molecule has 1 atom stereocenters. The molecule has 1 unspecified atom stereocenters. The first-order valence-electron chi connectivity index (χ1n) is 10.6. The molecular formula is C23H26ClN7O. The van der Waals surface area contributed by atoms with Crippen molar-refractivity contribution in [3.05, 3.63) is 60.2 Å². The highest BCUT2D eigenvalue weighted by atomic mass is 35.5. The van der Waals surface area contributed by atoms with Crippen LogP contribution in [0.25, 0.3) is 11.3 Å². The van der Waals surface area contributed by atoms with Crippen molar-refractivity contribution < 1.29 is 4.79 Å². The fourth-order valence-corrected chi connectivity index (χ4v) is 4.26. The molecule has 9 heteroatoms. The second-order valence-electron chi connectivity index (χ2n) is 7.99. The zero-order valence-corrected chi connectivity index (χ0v) is 18.7. The Bertz CT molecular complexity index is 1100. The Labute approximate surface area is 193 Å². The number of halogens is 1. The summed E-state index contributed by atoms with van der Waals surface area (Å²) >= 11 is 0. The van der Waals surface area contributed by atoms with Crippen molar-refractivity contribution in [3.63, 3.8) is 0 Å². The molecule has 0 spiro atoms. The van der Waals surface area contributed by atoms with Crippen molar-refractivity contribution in [2.24, 2.45) is 0 Å². The molecule has 2 aliphatic rings. The topological polar surface area (TPSA) is 95.1 Å². The molecule has 2 aromatic heterocycles. The third-order valence-electron chi connectivity index (χ3n) is 5.83.